The predicted octanol–water partition coefficient (Wildman–Crippen LogP) is 1.54. The first-order valence-electron chi connectivity index (χ1n) is 7.31. The Labute approximate surface area is 133 Å². The fourth-order valence-electron chi connectivity index (χ4n) is 2.54. The number of aromatic nitrogens is 1. The molecular weight excluding hydrogens is 294 g/mol. The van der Waals surface area contributed by atoms with E-state index in [4.69, 9.17) is 5.11 Å². The van der Waals surface area contributed by atoms with Crippen LogP contribution in [0.15, 0.2) is 30.3 Å². The molecule has 0 radical (unpaired) electrons. The smallest absolute Gasteiger partial charge is 0.267 e. The molecular formula is C17H17N3O3. The molecule has 2 heterocycles. The largest absolute Gasteiger partial charge is 0.395 e. The molecule has 23 heavy (non-hydrogen) atoms. The van der Waals surface area contributed by atoms with Crippen LogP contribution in [0.4, 0.5) is 5.69 Å². The number of anilines is 1. The van der Waals surface area contributed by atoms with Crippen LogP contribution in [-0.2, 0) is 4.79 Å². The number of para-hydroxylation sites is 1. The van der Waals surface area contributed by atoms with E-state index >= 15 is 0 Å². The number of carbonyl (C=O) groups excluding carboxylic acids is 2. The quantitative estimate of drug-likeness (QED) is 0.645. The summed E-state index contributed by atoms with van der Waals surface area (Å²) in [5, 5.41) is 14.2. The minimum atomic E-state index is -0.289. The van der Waals surface area contributed by atoms with Crippen LogP contribution < -0.4 is 10.6 Å². The summed E-state index contributed by atoms with van der Waals surface area (Å²) >= 11 is 0. The Morgan fingerprint density at radius 3 is 2.91 bits per heavy atom. The molecule has 0 spiro atoms. The number of H-pyrrole nitrogens is 1. The van der Waals surface area contributed by atoms with E-state index in [0.29, 0.717) is 17.0 Å². The Morgan fingerprint density at radius 1 is 1.35 bits per heavy atom. The molecule has 1 aromatic heterocycles. The molecule has 1 aliphatic rings. The minimum Gasteiger partial charge on any atom is -0.395 e. The van der Waals surface area contributed by atoms with E-state index < -0.39 is 0 Å². The Hall–Kier alpha value is -2.86. The summed E-state index contributed by atoms with van der Waals surface area (Å²) < 4.78 is 0. The third-order valence-electron chi connectivity index (χ3n) is 3.70. The molecule has 2 aromatic rings. The monoisotopic (exact) mass is 311 g/mol. The molecule has 1 aromatic carbocycles. The second-order valence-corrected chi connectivity index (χ2v) is 5.32. The van der Waals surface area contributed by atoms with Crippen LogP contribution >= 0.6 is 0 Å². The van der Waals surface area contributed by atoms with Crippen LogP contribution in [0.2, 0.25) is 0 Å². The third kappa shape index (κ3) is 2.89. The molecule has 4 N–H and O–H groups in total. The number of rotatable bonds is 4. The summed E-state index contributed by atoms with van der Waals surface area (Å²) in [6.45, 7) is 1.95. The molecule has 6 nitrogen and oxygen atoms in total. The summed E-state index contributed by atoms with van der Waals surface area (Å²) in [5.74, 6) is -0.449. The Balaban J connectivity index is 1.93. The van der Waals surface area contributed by atoms with Crippen molar-refractivity contribution in [3.05, 3.63) is 52.8 Å². The highest BCUT2D eigenvalue weighted by atomic mass is 16.3. The van der Waals surface area contributed by atoms with E-state index in [9.17, 15) is 9.59 Å². The lowest BCUT2D eigenvalue weighted by Crippen LogP contribution is -2.26. The number of aliphatic hydroxyl groups is 1. The van der Waals surface area contributed by atoms with Gasteiger partial charge in [0.25, 0.3) is 11.8 Å². The Bertz CT molecular complexity index is 805. The molecule has 0 saturated carbocycles. The van der Waals surface area contributed by atoms with Crippen LogP contribution in [0.25, 0.3) is 11.6 Å². The average molecular weight is 311 g/mol. The number of hydrogen-bond donors (Lipinski definition) is 4. The molecule has 0 saturated heterocycles. The van der Waals surface area contributed by atoms with Gasteiger partial charge < -0.3 is 20.7 Å². The van der Waals surface area contributed by atoms with E-state index in [0.717, 1.165) is 16.8 Å². The SMILES string of the molecule is Cc1cc(C(=O)NCCO)[nH]c1C=C1C(=O)Nc2ccccc21. The zero-order valence-corrected chi connectivity index (χ0v) is 12.6. The van der Waals surface area contributed by atoms with Gasteiger partial charge in [-0.25, -0.2) is 0 Å². The molecule has 0 atom stereocenters. The van der Waals surface area contributed by atoms with Crippen molar-refractivity contribution in [3.8, 4) is 0 Å². The number of hydrogen-bond acceptors (Lipinski definition) is 3. The van der Waals surface area contributed by atoms with Crippen molar-refractivity contribution in [1.29, 1.82) is 0 Å². The molecule has 6 heteroatoms. The van der Waals surface area contributed by atoms with Gasteiger partial charge in [-0.2, -0.15) is 0 Å². The van der Waals surface area contributed by atoms with E-state index in [2.05, 4.69) is 15.6 Å². The number of benzene rings is 1. The first kappa shape index (κ1) is 15.1. The lowest BCUT2D eigenvalue weighted by atomic mass is 10.1. The molecule has 2 amide bonds. The molecule has 0 aliphatic carbocycles. The van der Waals surface area contributed by atoms with Crippen molar-refractivity contribution in [2.75, 3.05) is 18.5 Å². The number of carbonyl (C=O) groups is 2. The van der Waals surface area contributed by atoms with Crippen LogP contribution in [0.5, 0.6) is 0 Å². The topological polar surface area (TPSA) is 94.2 Å². The fraction of sp³-hybridized carbons (Fsp3) is 0.176. The van der Waals surface area contributed by atoms with Gasteiger partial charge in [0.05, 0.1) is 12.2 Å². The average Bonchev–Trinajstić information content (AvgIpc) is 3.06. The molecule has 1 aliphatic heterocycles. The molecule has 118 valence electrons. The summed E-state index contributed by atoms with van der Waals surface area (Å²) in [7, 11) is 0. The van der Waals surface area contributed by atoms with Crippen LogP contribution in [0.1, 0.15) is 27.3 Å². The van der Waals surface area contributed by atoms with Gasteiger partial charge in [0, 0.05) is 23.5 Å². The highest BCUT2D eigenvalue weighted by Gasteiger charge is 2.24. The van der Waals surface area contributed by atoms with Crippen molar-refractivity contribution in [2.24, 2.45) is 0 Å². The van der Waals surface area contributed by atoms with Crippen molar-refractivity contribution in [3.63, 3.8) is 0 Å². The summed E-state index contributed by atoms with van der Waals surface area (Å²) in [6.07, 6.45) is 1.75. The maximum atomic E-state index is 12.1. The standard InChI is InChI=1S/C17H17N3O3/c1-10-8-15(17(23)18-6-7-21)19-14(10)9-12-11-4-2-3-5-13(11)20-16(12)22/h2-5,8-9,19,21H,6-7H2,1H3,(H,18,23)(H,20,22). The lowest BCUT2D eigenvalue weighted by Gasteiger charge is -2.00. The van der Waals surface area contributed by atoms with Crippen LogP contribution in [-0.4, -0.2) is 35.1 Å². The van der Waals surface area contributed by atoms with Gasteiger partial charge in [-0.1, -0.05) is 18.2 Å². The highest BCUT2D eigenvalue weighted by Crippen LogP contribution is 2.32. The third-order valence-corrected chi connectivity index (χ3v) is 3.70. The fourth-order valence-corrected chi connectivity index (χ4v) is 2.54. The number of aromatic amines is 1. The zero-order valence-electron chi connectivity index (χ0n) is 12.6. The van der Waals surface area contributed by atoms with Gasteiger partial charge in [-0.3, -0.25) is 9.59 Å². The lowest BCUT2D eigenvalue weighted by molar-refractivity contribution is -0.110. The van der Waals surface area contributed by atoms with Gasteiger partial charge in [0.15, 0.2) is 0 Å². The molecule has 0 unspecified atom stereocenters. The molecule has 3 rings (SSSR count). The summed E-state index contributed by atoms with van der Waals surface area (Å²) in [4.78, 5) is 27.1. The maximum absolute atomic E-state index is 12.1. The number of amides is 2. The van der Waals surface area contributed by atoms with Crippen molar-refractivity contribution in [2.45, 2.75) is 6.92 Å². The van der Waals surface area contributed by atoms with Gasteiger partial charge in [0.2, 0.25) is 0 Å². The minimum absolute atomic E-state index is 0.112. The highest BCUT2D eigenvalue weighted by molar-refractivity contribution is 6.34. The second-order valence-electron chi connectivity index (χ2n) is 5.32. The second kappa shape index (κ2) is 6.10. The number of fused-ring (bicyclic) bond motifs is 1. The maximum Gasteiger partial charge on any atom is 0.267 e. The van der Waals surface area contributed by atoms with E-state index in [1.807, 2.05) is 31.2 Å². The van der Waals surface area contributed by atoms with Crippen molar-refractivity contribution in [1.82, 2.24) is 10.3 Å². The molecule has 0 bridgehead atoms. The van der Waals surface area contributed by atoms with Crippen LogP contribution in [0.3, 0.4) is 0 Å². The van der Waals surface area contributed by atoms with Crippen LogP contribution in [0, 0.1) is 6.92 Å². The summed E-state index contributed by atoms with van der Waals surface area (Å²) in [5.41, 5.74) is 4.17. The van der Waals surface area contributed by atoms with Crippen molar-refractivity contribution < 1.29 is 14.7 Å². The first-order chi connectivity index (χ1) is 11.1. The molecule has 0 fully saturated rings. The van der Waals surface area contributed by atoms with E-state index in [1.54, 1.807) is 12.1 Å². The zero-order chi connectivity index (χ0) is 16.4. The Morgan fingerprint density at radius 2 is 2.13 bits per heavy atom. The van der Waals surface area contributed by atoms with Crippen molar-refractivity contribution >= 4 is 29.2 Å². The summed E-state index contributed by atoms with van der Waals surface area (Å²) in [6, 6.07) is 9.20. The first-order valence-corrected chi connectivity index (χ1v) is 7.31. The number of aryl methyl sites for hydroxylation is 1. The Kier molecular flexibility index (Phi) is 3.99. The van der Waals surface area contributed by atoms with Gasteiger partial charge >= 0.3 is 0 Å². The van der Waals surface area contributed by atoms with E-state index in [1.165, 1.54) is 0 Å². The van der Waals surface area contributed by atoms with E-state index in [-0.39, 0.29) is 25.0 Å². The number of aliphatic hydroxyl groups excluding tert-OH is 1. The van der Waals surface area contributed by atoms with Gasteiger partial charge in [-0.05, 0) is 30.7 Å². The normalized spacial score (nSPS) is 14.7. The van der Waals surface area contributed by atoms with Gasteiger partial charge in [0.1, 0.15) is 5.69 Å². The predicted molar refractivity (Wildman–Crippen MR) is 87.9 cm³/mol. The van der Waals surface area contributed by atoms with Gasteiger partial charge in [-0.15, -0.1) is 0 Å². The number of nitrogens with one attached hydrogen (secondary N) is 3.